The van der Waals surface area contributed by atoms with Crippen molar-refractivity contribution in [2.24, 2.45) is 0 Å². The van der Waals surface area contributed by atoms with E-state index in [0.29, 0.717) is 6.54 Å². The van der Waals surface area contributed by atoms with Crippen molar-refractivity contribution in [1.29, 1.82) is 0 Å². The van der Waals surface area contributed by atoms with E-state index in [9.17, 15) is 5.11 Å². The molecule has 1 aliphatic heterocycles. The summed E-state index contributed by atoms with van der Waals surface area (Å²) in [7, 11) is 0. The lowest BCUT2D eigenvalue weighted by atomic mass is 9.87. The number of halogens is 1. The maximum Gasteiger partial charge on any atom is 0.103 e. The molecule has 1 aliphatic rings. The van der Waals surface area contributed by atoms with E-state index in [2.05, 4.69) is 41.7 Å². The lowest BCUT2D eigenvalue weighted by molar-refractivity contribution is 0.0579. The van der Waals surface area contributed by atoms with Crippen molar-refractivity contribution in [2.75, 3.05) is 13.1 Å². The third-order valence-corrected chi connectivity index (χ3v) is 3.89. The van der Waals surface area contributed by atoms with E-state index >= 15 is 0 Å². The summed E-state index contributed by atoms with van der Waals surface area (Å²) >= 11 is 0. The molecule has 0 radical (unpaired) electrons. The molecule has 0 saturated carbocycles. The van der Waals surface area contributed by atoms with Crippen molar-refractivity contribution < 1.29 is 5.11 Å². The van der Waals surface area contributed by atoms with Gasteiger partial charge in [-0.2, -0.15) is 0 Å². The van der Waals surface area contributed by atoms with Gasteiger partial charge < -0.3 is 10.4 Å². The second-order valence-electron chi connectivity index (χ2n) is 5.28. The van der Waals surface area contributed by atoms with Crippen LogP contribution in [0.15, 0.2) is 54.6 Å². The van der Waals surface area contributed by atoms with E-state index < -0.39 is 5.60 Å². The molecule has 0 bridgehead atoms. The fraction of sp³-hybridized carbons (Fsp3) is 0.294. The molecule has 2 nitrogen and oxygen atoms in total. The molecule has 2 aromatic rings. The number of benzene rings is 2. The highest BCUT2D eigenvalue weighted by Gasteiger charge is 2.34. The largest absolute Gasteiger partial charge is 0.384 e. The summed E-state index contributed by atoms with van der Waals surface area (Å²) < 4.78 is 0. The highest BCUT2D eigenvalue weighted by molar-refractivity contribution is 5.85. The van der Waals surface area contributed by atoms with Crippen LogP contribution in [0.25, 0.3) is 0 Å². The van der Waals surface area contributed by atoms with Crippen LogP contribution in [0.3, 0.4) is 0 Å². The van der Waals surface area contributed by atoms with Gasteiger partial charge in [0, 0.05) is 6.54 Å². The minimum atomic E-state index is -0.703. The van der Waals surface area contributed by atoms with Crippen molar-refractivity contribution in [3.05, 3.63) is 71.3 Å². The molecule has 1 heterocycles. The minimum absolute atomic E-state index is 0. The van der Waals surface area contributed by atoms with Gasteiger partial charge in [0.2, 0.25) is 0 Å². The summed E-state index contributed by atoms with van der Waals surface area (Å²) in [5.74, 6) is 0. The van der Waals surface area contributed by atoms with Crippen LogP contribution in [0.5, 0.6) is 0 Å². The Hall–Kier alpha value is -1.35. The molecule has 1 saturated heterocycles. The van der Waals surface area contributed by atoms with Crippen molar-refractivity contribution >= 4 is 12.4 Å². The number of hydrogen-bond acceptors (Lipinski definition) is 2. The highest BCUT2D eigenvalue weighted by atomic mass is 35.5. The lowest BCUT2D eigenvalue weighted by Gasteiger charge is -2.25. The van der Waals surface area contributed by atoms with Gasteiger partial charge in [0.15, 0.2) is 0 Å². The Kier molecular flexibility index (Phi) is 4.81. The van der Waals surface area contributed by atoms with Crippen molar-refractivity contribution in [3.8, 4) is 0 Å². The van der Waals surface area contributed by atoms with Gasteiger partial charge in [-0.25, -0.2) is 0 Å². The van der Waals surface area contributed by atoms with Crippen molar-refractivity contribution in [1.82, 2.24) is 5.32 Å². The second-order valence-corrected chi connectivity index (χ2v) is 5.28. The molecule has 0 aromatic heterocycles. The van der Waals surface area contributed by atoms with Crippen LogP contribution in [0, 0.1) is 0 Å². The smallest absolute Gasteiger partial charge is 0.103 e. The number of aliphatic hydroxyl groups is 1. The zero-order valence-electron chi connectivity index (χ0n) is 11.4. The van der Waals surface area contributed by atoms with Gasteiger partial charge >= 0.3 is 0 Å². The van der Waals surface area contributed by atoms with Crippen LogP contribution < -0.4 is 5.32 Å². The summed E-state index contributed by atoms with van der Waals surface area (Å²) in [4.78, 5) is 0. The monoisotopic (exact) mass is 289 g/mol. The summed E-state index contributed by atoms with van der Waals surface area (Å²) in [6, 6.07) is 18.7. The first-order valence-corrected chi connectivity index (χ1v) is 6.83. The molecule has 0 aliphatic carbocycles. The lowest BCUT2D eigenvalue weighted by Crippen LogP contribution is -2.29. The summed E-state index contributed by atoms with van der Waals surface area (Å²) in [6.45, 7) is 1.54. The average Bonchev–Trinajstić information content (AvgIpc) is 2.88. The number of nitrogens with one attached hydrogen (secondary N) is 1. The molecular formula is C17H20ClNO. The van der Waals surface area contributed by atoms with Gasteiger partial charge in [0.1, 0.15) is 5.60 Å². The number of hydrogen-bond donors (Lipinski definition) is 2. The standard InChI is InChI=1S/C17H19NO.ClH/c19-17(10-11-18-13-17)16-9-5-4-8-15(16)12-14-6-2-1-3-7-14;/h1-9,18-19H,10-13H2;1H. The van der Waals surface area contributed by atoms with Crippen LogP contribution in [0.4, 0.5) is 0 Å². The summed E-state index contributed by atoms with van der Waals surface area (Å²) in [6.07, 6.45) is 1.66. The van der Waals surface area contributed by atoms with Crippen molar-refractivity contribution in [2.45, 2.75) is 18.4 Å². The fourth-order valence-corrected chi connectivity index (χ4v) is 2.85. The quantitative estimate of drug-likeness (QED) is 0.911. The van der Waals surface area contributed by atoms with Gasteiger partial charge in [-0.15, -0.1) is 12.4 Å². The van der Waals surface area contributed by atoms with Gasteiger partial charge in [-0.1, -0.05) is 54.6 Å². The van der Waals surface area contributed by atoms with Crippen LogP contribution in [-0.2, 0) is 12.0 Å². The first kappa shape index (κ1) is 15.0. The SMILES string of the molecule is Cl.OC1(c2ccccc2Cc2ccccc2)CCNC1. The molecule has 1 unspecified atom stereocenters. The molecule has 1 fully saturated rings. The Morgan fingerprint density at radius 3 is 2.40 bits per heavy atom. The van der Waals surface area contributed by atoms with Gasteiger partial charge in [-0.3, -0.25) is 0 Å². The molecule has 1 atom stereocenters. The predicted octanol–water partition coefficient (Wildman–Crippen LogP) is 2.88. The maximum absolute atomic E-state index is 10.8. The molecule has 3 heteroatoms. The second kappa shape index (κ2) is 6.40. The molecule has 2 N–H and O–H groups in total. The van der Waals surface area contributed by atoms with Crippen LogP contribution in [0.1, 0.15) is 23.1 Å². The number of rotatable bonds is 3. The van der Waals surface area contributed by atoms with Crippen LogP contribution >= 0.6 is 12.4 Å². The molecular weight excluding hydrogens is 270 g/mol. The topological polar surface area (TPSA) is 32.3 Å². The first-order valence-electron chi connectivity index (χ1n) is 6.83. The van der Waals surface area contributed by atoms with E-state index in [-0.39, 0.29) is 12.4 Å². The van der Waals surface area contributed by atoms with Gasteiger partial charge in [0.25, 0.3) is 0 Å². The fourth-order valence-electron chi connectivity index (χ4n) is 2.85. The Bertz CT molecular complexity index is 550. The van der Waals surface area contributed by atoms with Crippen LogP contribution in [-0.4, -0.2) is 18.2 Å². The van der Waals surface area contributed by atoms with E-state index in [4.69, 9.17) is 0 Å². The normalized spacial score (nSPS) is 21.4. The average molecular weight is 290 g/mol. The molecule has 2 aromatic carbocycles. The molecule has 106 valence electrons. The first-order chi connectivity index (χ1) is 9.28. The molecule has 20 heavy (non-hydrogen) atoms. The van der Waals surface area contributed by atoms with E-state index in [1.54, 1.807) is 0 Å². The third-order valence-electron chi connectivity index (χ3n) is 3.89. The summed E-state index contributed by atoms with van der Waals surface area (Å²) in [5, 5.41) is 14.0. The Labute approximate surface area is 126 Å². The van der Waals surface area contributed by atoms with Gasteiger partial charge in [-0.05, 0) is 36.1 Å². The highest BCUT2D eigenvalue weighted by Crippen LogP contribution is 2.31. The van der Waals surface area contributed by atoms with Crippen LogP contribution in [0.2, 0.25) is 0 Å². The molecule has 0 amide bonds. The molecule has 3 rings (SSSR count). The maximum atomic E-state index is 10.8. The van der Waals surface area contributed by atoms with E-state index in [1.807, 2.05) is 18.2 Å². The number of β-amino-alcohol motifs (C(OH)–C–C–N with tert-alkyl or cyclic N) is 1. The Morgan fingerprint density at radius 1 is 1.00 bits per heavy atom. The zero-order chi connectivity index (χ0) is 13.1. The van der Waals surface area contributed by atoms with E-state index in [1.165, 1.54) is 11.1 Å². The summed E-state index contributed by atoms with van der Waals surface area (Å²) in [5.41, 5.74) is 2.87. The zero-order valence-corrected chi connectivity index (χ0v) is 12.2. The van der Waals surface area contributed by atoms with E-state index in [0.717, 1.165) is 24.9 Å². The Balaban J connectivity index is 0.00000147. The van der Waals surface area contributed by atoms with Crippen molar-refractivity contribution in [3.63, 3.8) is 0 Å². The third kappa shape index (κ3) is 3.04. The predicted molar refractivity (Wildman–Crippen MR) is 84.3 cm³/mol. The molecule has 0 spiro atoms. The van der Waals surface area contributed by atoms with Gasteiger partial charge in [0.05, 0.1) is 0 Å². The minimum Gasteiger partial charge on any atom is -0.384 e. The Morgan fingerprint density at radius 2 is 1.70 bits per heavy atom.